The number of nitrogens with one attached hydrogen (secondary N) is 1. The SMILES string of the molecule is COc1ccc(-c2cnc3nc(N)nc(N4CCNCC4c4ccccc4OC)c3n2)cc1OC. The predicted octanol–water partition coefficient (Wildman–Crippen LogP) is 2.85. The molecule has 3 heterocycles. The maximum absolute atomic E-state index is 6.10. The molecule has 2 aromatic heterocycles. The van der Waals surface area contributed by atoms with Gasteiger partial charge >= 0.3 is 0 Å². The van der Waals surface area contributed by atoms with Gasteiger partial charge in [-0.25, -0.2) is 9.97 Å². The maximum atomic E-state index is 6.10. The highest BCUT2D eigenvalue weighted by Gasteiger charge is 2.30. The Bertz CT molecular complexity index is 1360. The van der Waals surface area contributed by atoms with Crippen LogP contribution >= 0.6 is 0 Å². The normalized spacial score (nSPS) is 15.7. The molecular weight excluding hydrogens is 446 g/mol. The van der Waals surface area contributed by atoms with Crippen molar-refractivity contribution in [2.75, 3.05) is 51.6 Å². The van der Waals surface area contributed by atoms with Gasteiger partial charge in [0.1, 0.15) is 5.75 Å². The van der Waals surface area contributed by atoms with Gasteiger partial charge in [-0.1, -0.05) is 18.2 Å². The van der Waals surface area contributed by atoms with Gasteiger partial charge in [0.05, 0.1) is 39.3 Å². The Kier molecular flexibility index (Phi) is 6.19. The van der Waals surface area contributed by atoms with Gasteiger partial charge in [0.25, 0.3) is 0 Å². The summed E-state index contributed by atoms with van der Waals surface area (Å²) in [5, 5.41) is 3.47. The van der Waals surface area contributed by atoms with E-state index in [9.17, 15) is 0 Å². The summed E-state index contributed by atoms with van der Waals surface area (Å²) in [7, 11) is 4.89. The van der Waals surface area contributed by atoms with Crippen molar-refractivity contribution in [2.45, 2.75) is 6.04 Å². The number of nitrogens with two attached hydrogens (primary N) is 1. The molecule has 0 aliphatic carbocycles. The summed E-state index contributed by atoms with van der Waals surface area (Å²) >= 11 is 0. The Labute approximate surface area is 203 Å². The van der Waals surface area contributed by atoms with Crippen LogP contribution in [0, 0.1) is 0 Å². The Morgan fingerprint density at radius 2 is 1.74 bits per heavy atom. The minimum absolute atomic E-state index is 0.0380. The number of nitrogen functional groups attached to an aromatic ring is 1. The highest BCUT2D eigenvalue weighted by atomic mass is 16.5. The van der Waals surface area contributed by atoms with E-state index in [0.29, 0.717) is 47.3 Å². The smallest absolute Gasteiger partial charge is 0.224 e. The van der Waals surface area contributed by atoms with E-state index in [4.69, 9.17) is 24.9 Å². The highest BCUT2D eigenvalue weighted by molar-refractivity contribution is 5.86. The summed E-state index contributed by atoms with van der Waals surface area (Å²) < 4.78 is 16.5. The van der Waals surface area contributed by atoms with Crippen molar-refractivity contribution in [1.82, 2.24) is 25.3 Å². The van der Waals surface area contributed by atoms with E-state index >= 15 is 0 Å². The number of para-hydroxylation sites is 1. The number of aromatic nitrogens is 4. The van der Waals surface area contributed by atoms with Gasteiger partial charge in [0, 0.05) is 30.8 Å². The molecule has 4 aromatic rings. The van der Waals surface area contributed by atoms with Crippen molar-refractivity contribution >= 4 is 22.9 Å². The zero-order chi connectivity index (χ0) is 24.4. The number of rotatable bonds is 6. The molecule has 10 nitrogen and oxygen atoms in total. The molecular formula is C25H27N7O3. The van der Waals surface area contributed by atoms with Crippen LogP contribution in [0.2, 0.25) is 0 Å². The molecule has 180 valence electrons. The molecule has 0 radical (unpaired) electrons. The van der Waals surface area contributed by atoms with Crippen molar-refractivity contribution < 1.29 is 14.2 Å². The molecule has 2 aromatic carbocycles. The monoisotopic (exact) mass is 473 g/mol. The van der Waals surface area contributed by atoms with Crippen molar-refractivity contribution in [1.29, 1.82) is 0 Å². The fourth-order valence-corrected chi connectivity index (χ4v) is 4.42. The summed E-state index contributed by atoms with van der Waals surface area (Å²) in [6, 6.07) is 13.6. The zero-order valence-corrected chi connectivity index (χ0v) is 19.9. The van der Waals surface area contributed by atoms with Crippen molar-refractivity contribution in [3.63, 3.8) is 0 Å². The minimum atomic E-state index is -0.0380. The lowest BCUT2D eigenvalue weighted by Crippen LogP contribution is -2.46. The lowest BCUT2D eigenvalue weighted by Gasteiger charge is -2.38. The zero-order valence-electron chi connectivity index (χ0n) is 19.9. The Morgan fingerprint density at radius 3 is 2.54 bits per heavy atom. The summed E-state index contributed by atoms with van der Waals surface area (Å²) in [6.07, 6.45) is 1.68. The molecule has 10 heteroatoms. The van der Waals surface area contributed by atoms with Crippen molar-refractivity contribution in [3.8, 4) is 28.5 Å². The van der Waals surface area contributed by atoms with Crippen molar-refractivity contribution in [2.24, 2.45) is 0 Å². The molecule has 3 N–H and O–H groups in total. The fraction of sp³-hybridized carbons (Fsp3) is 0.280. The van der Waals surface area contributed by atoms with Crippen molar-refractivity contribution in [3.05, 3.63) is 54.2 Å². The van der Waals surface area contributed by atoms with Gasteiger partial charge in [-0.15, -0.1) is 0 Å². The molecule has 5 rings (SSSR count). The summed E-state index contributed by atoms with van der Waals surface area (Å²) in [6.45, 7) is 2.21. The Morgan fingerprint density at radius 1 is 0.943 bits per heavy atom. The summed E-state index contributed by atoms with van der Waals surface area (Å²) in [5.41, 5.74) is 9.67. The predicted molar refractivity (Wildman–Crippen MR) is 134 cm³/mol. The van der Waals surface area contributed by atoms with Crippen LogP contribution in [0.3, 0.4) is 0 Å². The number of ether oxygens (including phenoxy) is 3. The first-order chi connectivity index (χ1) is 17.1. The topological polar surface area (TPSA) is 121 Å². The van der Waals surface area contributed by atoms with Crippen LogP contribution in [0.15, 0.2) is 48.7 Å². The molecule has 1 aliphatic rings. The quantitative estimate of drug-likeness (QED) is 0.432. The van der Waals surface area contributed by atoms with E-state index < -0.39 is 0 Å². The molecule has 1 saturated heterocycles. The molecule has 1 fully saturated rings. The number of anilines is 2. The van der Waals surface area contributed by atoms with E-state index in [1.165, 1.54) is 0 Å². The maximum Gasteiger partial charge on any atom is 0.224 e. The van der Waals surface area contributed by atoms with Crippen LogP contribution in [0.1, 0.15) is 11.6 Å². The van der Waals surface area contributed by atoms with Crippen LogP contribution in [-0.4, -0.2) is 60.9 Å². The first kappa shape index (κ1) is 22.6. The van der Waals surface area contributed by atoms with Gasteiger partial charge in [-0.05, 0) is 24.3 Å². The number of benzene rings is 2. The second-order valence-corrected chi connectivity index (χ2v) is 8.06. The second-order valence-electron chi connectivity index (χ2n) is 8.06. The van der Waals surface area contributed by atoms with E-state index in [-0.39, 0.29) is 12.0 Å². The third-order valence-corrected chi connectivity index (χ3v) is 6.10. The largest absolute Gasteiger partial charge is 0.496 e. The first-order valence-corrected chi connectivity index (χ1v) is 11.3. The van der Waals surface area contributed by atoms with Gasteiger partial charge in [0.2, 0.25) is 5.95 Å². The molecule has 0 bridgehead atoms. The fourth-order valence-electron chi connectivity index (χ4n) is 4.42. The summed E-state index contributed by atoms with van der Waals surface area (Å²) in [4.78, 5) is 20.7. The molecule has 1 aliphatic heterocycles. The number of hydrogen-bond acceptors (Lipinski definition) is 10. The lowest BCUT2D eigenvalue weighted by molar-refractivity contribution is 0.355. The van der Waals surface area contributed by atoms with Gasteiger partial charge in [-0.3, -0.25) is 0 Å². The molecule has 0 saturated carbocycles. The van der Waals surface area contributed by atoms with Crippen LogP contribution < -0.4 is 30.2 Å². The molecule has 1 unspecified atom stereocenters. The van der Waals surface area contributed by atoms with Crippen LogP contribution in [0.4, 0.5) is 11.8 Å². The Hall–Kier alpha value is -4.18. The van der Waals surface area contributed by atoms with E-state index in [0.717, 1.165) is 23.4 Å². The first-order valence-electron chi connectivity index (χ1n) is 11.3. The average molecular weight is 474 g/mol. The number of hydrogen-bond donors (Lipinski definition) is 2. The second kappa shape index (κ2) is 9.59. The standard InChI is InChI=1S/C25H27N7O3/c1-33-19-7-5-4-6-16(19)18-14-27-10-11-32(18)24-22-23(30-25(26)31-24)28-13-17(29-22)15-8-9-20(34-2)21(12-15)35-3/h4-9,12-13,18,27H,10-11,14H2,1-3H3,(H2,26,28,30,31). The average Bonchev–Trinajstić information content (AvgIpc) is 2.91. The van der Waals surface area contributed by atoms with Crippen LogP contribution in [0.5, 0.6) is 17.2 Å². The highest BCUT2D eigenvalue weighted by Crippen LogP contribution is 2.36. The third kappa shape index (κ3) is 4.24. The lowest BCUT2D eigenvalue weighted by atomic mass is 10.0. The molecule has 1 atom stereocenters. The molecule has 0 spiro atoms. The molecule has 35 heavy (non-hydrogen) atoms. The molecule has 0 amide bonds. The number of fused-ring (bicyclic) bond motifs is 1. The van der Waals surface area contributed by atoms with E-state index in [2.05, 4.69) is 31.2 Å². The van der Waals surface area contributed by atoms with Gasteiger partial charge in [-0.2, -0.15) is 9.97 Å². The third-order valence-electron chi connectivity index (χ3n) is 6.10. The minimum Gasteiger partial charge on any atom is -0.496 e. The Balaban J connectivity index is 1.64. The van der Waals surface area contributed by atoms with Crippen LogP contribution in [0.25, 0.3) is 22.4 Å². The number of piperazine rings is 1. The number of nitrogens with zero attached hydrogens (tertiary/aromatic N) is 5. The number of methoxy groups -OCH3 is 3. The van der Waals surface area contributed by atoms with E-state index in [1.54, 1.807) is 27.5 Å². The van der Waals surface area contributed by atoms with Crippen LogP contribution in [-0.2, 0) is 0 Å². The van der Waals surface area contributed by atoms with Gasteiger partial charge in [0.15, 0.2) is 28.5 Å². The van der Waals surface area contributed by atoms with Gasteiger partial charge < -0.3 is 30.2 Å². The summed E-state index contributed by atoms with van der Waals surface area (Å²) in [5.74, 6) is 2.86. The van der Waals surface area contributed by atoms with E-state index in [1.807, 2.05) is 36.4 Å².